The lowest BCUT2D eigenvalue weighted by molar-refractivity contribution is 0.476. The zero-order valence-electron chi connectivity index (χ0n) is 5.71. The molecule has 1 aromatic rings. The first-order valence-corrected chi connectivity index (χ1v) is 3.66. The molecule has 0 aliphatic rings. The number of halogens is 2. The van der Waals surface area contributed by atoms with E-state index in [1.54, 1.807) is 0 Å². The minimum absolute atomic E-state index is 0.0523. The van der Waals surface area contributed by atoms with Gasteiger partial charge in [-0.15, -0.1) is 0 Å². The number of carbonyl (C=O) groups excluding carboxylic acids is 1. The Hall–Kier alpha value is -1.02. The summed E-state index contributed by atoms with van der Waals surface area (Å²) < 4.78 is 0. The van der Waals surface area contributed by atoms with Crippen molar-refractivity contribution in [1.82, 2.24) is 0 Å². The molecule has 0 aliphatic heterocycles. The summed E-state index contributed by atoms with van der Waals surface area (Å²) in [5.41, 5.74) is 0.262. The van der Waals surface area contributed by atoms with Crippen LogP contribution in [0.4, 0.5) is 5.69 Å². The number of phenols is 1. The Morgan fingerprint density at radius 3 is 2.25 bits per heavy atom. The summed E-state index contributed by atoms with van der Waals surface area (Å²) in [6.07, 6.45) is 1.33. The minimum Gasteiger partial charge on any atom is -0.505 e. The predicted octanol–water partition coefficient (Wildman–Crippen LogP) is 2.67. The molecule has 3 nitrogen and oxygen atoms in total. The average molecular weight is 204 g/mol. The van der Waals surface area contributed by atoms with Crippen molar-refractivity contribution in [2.24, 2.45) is 4.99 Å². The molecule has 1 N–H and O–H groups in total. The first-order valence-electron chi connectivity index (χ1n) is 2.91. The molecule has 0 saturated carbocycles. The lowest BCUT2D eigenvalue weighted by Gasteiger charge is -1.99. The molecule has 0 aliphatic carbocycles. The highest BCUT2D eigenvalue weighted by Gasteiger charge is 2.05. The highest BCUT2D eigenvalue weighted by molar-refractivity contribution is 6.37. The number of benzene rings is 1. The van der Waals surface area contributed by atoms with E-state index in [1.165, 1.54) is 18.2 Å². The van der Waals surface area contributed by atoms with Crippen molar-refractivity contribution in [3.63, 3.8) is 0 Å². The van der Waals surface area contributed by atoms with E-state index in [0.29, 0.717) is 0 Å². The Morgan fingerprint density at radius 1 is 1.33 bits per heavy atom. The van der Waals surface area contributed by atoms with Gasteiger partial charge in [0.05, 0.1) is 15.7 Å². The Bertz CT molecular complexity index is 335. The van der Waals surface area contributed by atoms with Crippen LogP contribution in [0.25, 0.3) is 0 Å². The monoisotopic (exact) mass is 203 g/mol. The average Bonchev–Trinajstić information content (AvgIpc) is 2.01. The van der Waals surface area contributed by atoms with Gasteiger partial charge in [0, 0.05) is 0 Å². The summed E-state index contributed by atoms with van der Waals surface area (Å²) in [5, 5.41) is 9.20. The van der Waals surface area contributed by atoms with E-state index in [1.807, 2.05) is 0 Å². The topological polar surface area (TPSA) is 49.7 Å². The molecular formula is C7H3Cl2NO2. The van der Waals surface area contributed by atoms with E-state index >= 15 is 0 Å². The van der Waals surface area contributed by atoms with Crippen molar-refractivity contribution in [3.05, 3.63) is 22.2 Å². The van der Waals surface area contributed by atoms with Crippen LogP contribution in [0.5, 0.6) is 5.75 Å². The molecule has 0 spiro atoms. The summed E-state index contributed by atoms with van der Waals surface area (Å²) in [5.74, 6) is -0.219. The summed E-state index contributed by atoms with van der Waals surface area (Å²) in [7, 11) is 0. The van der Waals surface area contributed by atoms with Crippen LogP contribution >= 0.6 is 23.2 Å². The number of nitrogens with zero attached hydrogens (tertiary/aromatic N) is 1. The van der Waals surface area contributed by atoms with Crippen molar-refractivity contribution in [3.8, 4) is 5.75 Å². The lowest BCUT2D eigenvalue weighted by atomic mass is 10.3. The van der Waals surface area contributed by atoms with E-state index in [-0.39, 0.29) is 21.5 Å². The number of aromatic hydroxyl groups is 1. The van der Waals surface area contributed by atoms with Gasteiger partial charge in [0.25, 0.3) is 0 Å². The molecule has 0 radical (unpaired) electrons. The van der Waals surface area contributed by atoms with E-state index in [9.17, 15) is 4.79 Å². The standard InChI is InChI=1S/C7H3Cl2NO2/c8-5-1-4(10-3-11)2-6(9)7(5)12/h1-2,12H. The van der Waals surface area contributed by atoms with Crippen molar-refractivity contribution >= 4 is 35.0 Å². The van der Waals surface area contributed by atoms with Crippen molar-refractivity contribution in [2.45, 2.75) is 0 Å². The molecule has 1 rings (SSSR count). The number of hydrogen-bond donors (Lipinski definition) is 1. The van der Waals surface area contributed by atoms with E-state index in [2.05, 4.69) is 4.99 Å². The van der Waals surface area contributed by atoms with Gasteiger partial charge in [-0.3, -0.25) is 0 Å². The first kappa shape index (κ1) is 9.07. The molecule has 0 saturated heterocycles. The fourth-order valence-corrected chi connectivity index (χ4v) is 1.14. The second-order valence-corrected chi connectivity index (χ2v) is 2.78. The molecule has 1 aromatic carbocycles. The molecule has 12 heavy (non-hydrogen) atoms. The Kier molecular flexibility index (Phi) is 2.71. The second kappa shape index (κ2) is 3.59. The molecule has 0 unspecified atom stereocenters. The molecule has 5 heteroatoms. The largest absolute Gasteiger partial charge is 0.505 e. The molecule has 0 heterocycles. The Labute approximate surface area is 78.3 Å². The molecule has 0 fully saturated rings. The van der Waals surface area contributed by atoms with Gasteiger partial charge < -0.3 is 5.11 Å². The Balaban J connectivity index is 3.30. The van der Waals surface area contributed by atoms with Crippen LogP contribution in [0.2, 0.25) is 10.0 Å². The molecule has 0 bridgehead atoms. The number of rotatable bonds is 1. The molecular weight excluding hydrogens is 201 g/mol. The summed E-state index contributed by atoms with van der Waals surface area (Å²) >= 11 is 11.1. The SMILES string of the molecule is O=C=Nc1cc(Cl)c(O)c(Cl)c1. The van der Waals surface area contributed by atoms with Gasteiger partial charge in [-0.05, 0) is 12.1 Å². The highest BCUT2D eigenvalue weighted by atomic mass is 35.5. The third kappa shape index (κ3) is 1.77. The maximum absolute atomic E-state index is 9.84. The number of isocyanates is 1. The van der Waals surface area contributed by atoms with E-state index in [4.69, 9.17) is 28.3 Å². The number of hydrogen-bond acceptors (Lipinski definition) is 3. The number of aliphatic imine (C=N–C) groups is 1. The van der Waals surface area contributed by atoms with Crippen LogP contribution in [0, 0.1) is 0 Å². The lowest BCUT2D eigenvalue weighted by Crippen LogP contribution is -1.71. The van der Waals surface area contributed by atoms with Crippen LogP contribution < -0.4 is 0 Å². The van der Waals surface area contributed by atoms with Crippen LogP contribution in [0.15, 0.2) is 17.1 Å². The fraction of sp³-hybridized carbons (Fsp3) is 0. The molecule has 0 atom stereocenters. The smallest absolute Gasteiger partial charge is 0.240 e. The third-order valence-electron chi connectivity index (χ3n) is 1.18. The van der Waals surface area contributed by atoms with Crippen LogP contribution in [-0.4, -0.2) is 11.2 Å². The van der Waals surface area contributed by atoms with Gasteiger partial charge in [0.2, 0.25) is 6.08 Å². The second-order valence-electron chi connectivity index (χ2n) is 1.96. The first-order chi connectivity index (χ1) is 5.65. The third-order valence-corrected chi connectivity index (χ3v) is 1.75. The quantitative estimate of drug-likeness (QED) is 0.564. The van der Waals surface area contributed by atoms with Crippen LogP contribution in [-0.2, 0) is 4.79 Å². The normalized spacial score (nSPS) is 9.17. The zero-order valence-corrected chi connectivity index (χ0v) is 7.23. The summed E-state index contributed by atoms with van der Waals surface area (Å²) in [6.45, 7) is 0. The van der Waals surface area contributed by atoms with Gasteiger partial charge in [0.15, 0.2) is 5.75 Å². The fourth-order valence-electron chi connectivity index (χ4n) is 0.669. The maximum Gasteiger partial charge on any atom is 0.240 e. The van der Waals surface area contributed by atoms with Gasteiger partial charge in [-0.2, -0.15) is 4.99 Å². The van der Waals surface area contributed by atoms with E-state index < -0.39 is 0 Å². The van der Waals surface area contributed by atoms with Crippen LogP contribution in [0.1, 0.15) is 0 Å². The molecule has 0 amide bonds. The van der Waals surface area contributed by atoms with Crippen LogP contribution in [0.3, 0.4) is 0 Å². The maximum atomic E-state index is 9.84. The van der Waals surface area contributed by atoms with Gasteiger partial charge in [-0.1, -0.05) is 23.2 Å². The molecule has 62 valence electrons. The summed E-state index contributed by atoms with van der Waals surface area (Å²) in [6, 6.07) is 2.63. The summed E-state index contributed by atoms with van der Waals surface area (Å²) in [4.78, 5) is 13.1. The highest BCUT2D eigenvalue weighted by Crippen LogP contribution is 2.35. The van der Waals surface area contributed by atoms with Crippen molar-refractivity contribution < 1.29 is 9.90 Å². The Morgan fingerprint density at radius 2 is 1.83 bits per heavy atom. The predicted molar refractivity (Wildman–Crippen MR) is 45.9 cm³/mol. The minimum atomic E-state index is -0.219. The van der Waals surface area contributed by atoms with Crippen molar-refractivity contribution in [2.75, 3.05) is 0 Å². The number of phenolic OH excluding ortho intramolecular Hbond substituents is 1. The van der Waals surface area contributed by atoms with Gasteiger partial charge in [0.1, 0.15) is 0 Å². The zero-order chi connectivity index (χ0) is 9.14. The van der Waals surface area contributed by atoms with Gasteiger partial charge in [-0.25, -0.2) is 4.79 Å². The molecule has 0 aromatic heterocycles. The van der Waals surface area contributed by atoms with Gasteiger partial charge >= 0.3 is 0 Å². The van der Waals surface area contributed by atoms with E-state index in [0.717, 1.165) is 0 Å². The van der Waals surface area contributed by atoms with Crippen molar-refractivity contribution in [1.29, 1.82) is 0 Å².